The number of sulfone groups is 1. The Kier molecular flexibility index (Phi) is 3.72. The van der Waals surface area contributed by atoms with Gasteiger partial charge in [0.2, 0.25) is 5.91 Å². The molecule has 1 amide bonds. The van der Waals surface area contributed by atoms with Crippen molar-refractivity contribution < 1.29 is 13.2 Å². The van der Waals surface area contributed by atoms with Gasteiger partial charge in [-0.25, -0.2) is 8.42 Å². The smallest absolute Gasteiger partial charge is 0.237 e. The minimum atomic E-state index is -3.23. The molecule has 0 bridgehead atoms. The van der Waals surface area contributed by atoms with Gasteiger partial charge in [0.1, 0.15) is 5.75 Å². The molecule has 0 radical (unpaired) electrons. The molecule has 1 heterocycles. The maximum absolute atomic E-state index is 11.6. The van der Waals surface area contributed by atoms with E-state index in [1.54, 1.807) is 4.90 Å². The Hall–Kier alpha value is -0.620. The van der Waals surface area contributed by atoms with Gasteiger partial charge in [-0.1, -0.05) is 6.92 Å². The lowest BCUT2D eigenvalue weighted by atomic mass is 9.95. The Labute approximate surface area is 90.5 Å². The maximum Gasteiger partial charge on any atom is 0.237 e. The Balaban J connectivity index is 2.55. The average Bonchev–Trinajstić information content (AvgIpc) is 2.06. The topological polar surface area (TPSA) is 80.5 Å². The van der Waals surface area contributed by atoms with Crippen LogP contribution < -0.4 is 5.73 Å². The van der Waals surface area contributed by atoms with Crippen LogP contribution in [0.1, 0.15) is 13.3 Å². The highest BCUT2D eigenvalue weighted by Crippen LogP contribution is 2.15. The van der Waals surface area contributed by atoms with Crippen LogP contribution in [0.25, 0.3) is 0 Å². The number of rotatable bonds is 2. The fourth-order valence-electron chi connectivity index (χ4n) is 1.71. The molecular weight excluding hydrogens is 216 g/mol. The molecule has 0 aliphatic carbocycles. The number of nitrogens with zero attached hydrogens (tertiary/aromatic N) is 1. The Morgan fingerprint density at radius 2 is 2.13 bits per heavy atom. The average molecular weight is 234 g/mol. The van der Waals surface area contributed by atoms with Crippen molar-refractivity contribution >= 4 is 15.7 Å². The quantitative estimate of drug-likeness (QED) is 0.680. The van der Waals surface area contributed by atoms with E-state index in [9.17, 15) is 13.2 Å². The highest BCUT2D eigenvalue weighted by Gasteiger charge is 2.27. The number of carbonyl (C=O) groups is 1. The van der Waals surface area contributed by atoms with Gasteiger partial charge in [-0.3, -0.25) is 4.79 Å². The standard InChI is InChI=1S/C9H18N2O3S/c1-7-5-11(4-3-8(7)10)9(12)6-15(2,13)14/h7-8H,3-6,10H2,1-2H3. The predicted octanol–water partition coefficient (Wildman–Crippen LogP) is -0.773. The lowest BCUT2D eigenvalue weighted by Crippen LogP contribution is -2.49. The lowest BCUT2D eigenvalue weighted by Gasteiger charge is -2.34. The number of carbonyl (C=O) groups excluding carboxylic acids is 1. The van der Waals surface area contributed by atoms with E-state index in [0.29, 0.717) is 13.1 Å². The summed E-state index contributed by atoms with van der Waals surface area (Å²) < 4.78 is 21.9. The predicted molar refractivity (Wildman–Crippen MR) is 58.0 cm³/mol. The van der Waals surface area contributed by atoms with Crippen molar-refractivity contribution in [2.75, 3.05) is 25.1 Å². The third-order valence-electron chi connectivity index (χ3n) is 2.71. The van der Waals surface area contributed by atoms with Crippen LogP contribution in [0.2, 0.25) is 0 Å². The molecular formula is C9H18N2O3S. The summed E-state index contributed by atoms with van der Waals surface area (Å²) >= 11 is 0. The normalized spacial score (nSPS) is 27.8. The number of likely N-dealkylation sites (tertiary alicyclic amines) is 1. The van der Waals surface area contributed by atoms with E-state index < -0.39 is 15.6 Å². The largest absolute Gasteiger partial charge is 0.341 e. The van der Waals surface area contributed by atoms with Crippen molar-refractivity contribution in [2.45, 2.75) is 19.4 Å². The van der Waals surface area contributed by atoms with Gasteiger partial charge in [-0.15, -0.1) is 0 Å². The SMILES string of the molecule is CC1CN(C(=O)CS(C)(=O)=O)CCC1N. The molecule has 1 aliphatic heterocycles. The second-order valence-corrected chi connectivity index (χ2v) is 6.48. The zero-order valence-electron chi connectivity index (χ0n) is 9.14. The first-order valence-corrected chi connectivity index (χ1v) is 7.07. The van der Waals surface area contributed by atoms with Crippen LogP contribution in [0, 0.1) is 5.92 Å². The molecule has 0 aromatic heterocycles. The van der Waals surface area contributed by atoms with Crippen LogP contribution in [0.3, 0.4) is 0 Å². The Morgan fingerprint density at radius 3 is 2.60 bits per heavy atom. The third kappa shape index (κ3) is 3.79. The molecule has 0 aromatic rings. The number of hydrogen-bond donors (Lipinski definition) is 1. The van der Waals surface area contributed by atoms with Gasteiger partial charge >= 0.3 is 0 Å². The van der Waals surface area contributed by atoms with E-state index in [1.165, 1.54) is 0 Å². The van der Waals surface area contributed by atoms with Crippen LogP contribution in [-0.4, -0.2) is 50.4 Å². The van der Waals surface area contributed by atoms with Gasteiger partial charge in [0.15, 0.2) is 9.84 Å². The number of amides is 1. The summed E-state index contributed by atoms with van der Waals surface area (Å²) in [5, 5.41) is 0. The monoisotopic (exact) mass is 234 g/mol. The van der Waals surface area contributed by atoms with E-state index in [0.717, 1.165) is 12.7 Å². The van der Waals surface area contributed by atoms with Crippen LogP contribution in [0.5, 0.6) is 0 Å². The van der Waals surface area contributed by atoms with E-state index in [-0.39, 0.29) is 17.9 Å². The van der Waals surface area contributed by atoms with Crippen LogP contribution in [0.15, 0.2) is 0 Å². The summed E-state index contributed by atoms with van der Waals surface area (Å²) in [7, 11) is -3.23. The van der Waals surface area contributed by atoms with Crippen molar-refractivity contribution in [3.05, 3.63) is 0 Å². The van der Waals surface area contributed by atoms with E-state index in [4.69, 9.17) is 5.73 Å². The van der Waals surface area contributed by atoms with Gasteiger partial charge in [0.05, 0.1) is 0 Å². The lowest BCUT2D eigenvalue weighted by molar-refractivity contribution is -0.130. The van der Waals surface area contributed by atoms with Crippen molar-refractivity contribution in [2.24, 2.45) is 11.7 Å². The van der Waals surface area contributed by atoms with Crippen LogP contribution >= 0.6 is 0 Å². The first kappa shape index (κ1) is 12.4. The summed E-state index contributed by atoms with van der Waals surface area (Å²) in [6, 6.07) is 0.118. The summed E-state index contributed by atoms with van der Waals surface area (Å²) in [6.45, 7) is 3.11. The zero-order valence-corrected chi connectivity index (χ0v) is 9.96. The third-order valence-corrected chi connectivity index (χ3v) is 3.48. The molecule has 1 saturated heterocycles. The van der Waals surface area contributed by atoms with Crippen LogP contribution in [0.4, 0.5) is 0 Å². The molecule has 15 heavy (non-hydrogen) atoms. The van der Waals surface area contributed by atoms with Crippen molar-refractivity contribution in [1.29, 1.82) is 0 Å². The Morgan fingerprint density at radius 1 is 1.53 bits per heavy atom. The van der Waals surface area contributed by atoms with Crippen molar-refractivity contribution in [3.63, 3.8) is 0 Å². The molecule has 0 spiro atoms. The highest BCUT2D eigenvalue weighted by molar-refractivity contribution is 7.91. The molecule has 6 heteroatoms. The zero-order chi connectivity index (χ0) is 11.6. The molecule has 0 saturated carbocycles. The van der Waals surface area contributed by atoms with Crippen molar-refractivity contribution in [3.8, 4) is 0 Å². The fraction of sp³-hybridized carbons (Fsp3) is 0.889. The molecule has 2 unspecified atom stereocenters. The molecule has 0 aromatic carbocycles. The van der Waals surface area contributed by atoms with Gasteiger partial charge in [-0.2, -0.15) is 0 Å². The molecule has 1 rings (SSSR count). The molecule has 1 aliphatic rings. The van der Waals surface area contributed by atoms with Gasteiger partial charge in [-0.05, 0) is 12.3 Å². The van der Waals surface area contributed by atoms with Crippen LogP contribution in [-0.2, 0) is 14.6 Å². The molecule has 2 atom stereocenters. The second kappa shape index (κ2) is 4.49. The molecule has 2 N–H and O–H groups in total. The van der Waals surface area contributed by atoms with Gasteiger partial charge in [0.25, 0.3) is 0 Å². The fourth-order valence-corrected chi connectivity index (χ4v) is 2.34. The summed E-state index contributed by atoms with van der Waals surface area (Å²) in [5.74, 6) is -0.465. The second-order valence-electron chi connectivity index (χ2n) is 4.34. The molecule has 88 valence electrons. The van der Waals surface area contributed by atoms with E-state index in [1.807, 2.05) is 6.92 Å². The van der Waals surface area contributed by atoms with Gasteiger partial charge < -0.3 is 10.6 Å². The number of nitrogens with two attached hydrogens (primary N) is 1. The van der Waals surface area contributed by atoms with E-state index in [2.05, 4.69) is 0 Å². The maximum atomic E-state index is 11.6. The minimum absolute atomic E-state index is 0.118. The summed E-state index contributed by atoms with van der Waals surface area (Å²) in [4.78, 5) is 13.2. The number of hydrogen-bond acceptors (Lipinski definition) is 4. The minimum Gasteiger partial charge on any atom is -0.341 e. The first-order chi connectivity index (χ1) is 6.79. The van der Waals surface area contributed by atoms with E-state index >= 15 is 0 Å². The summed E-state index contributed by atoms with van der Waals surface area (Å²) in [6.07, 6.45) is 1.82. The van der Waals surface area contributed by atoms with Gasteiger partial charge in [0, 0.05) is 25.4 Å². The Bertz CT molecular complexity index is 339. The molecule has 1 fully saturated rings. The first-order valence-electron chi connectivity index (χ1n) is 5.00. The van der Waals surface area contributed by atoms with Crippen molar-refractivity contribution in [1.82, 2.24) is 4.90 Å². The number of piperidine rings is 1. The molecule has 5 nitrogen and oxygen atoms in total. The summed E-state index contributed by atoms with van der Waals surface area (Å²) in [5.41, 5.74) is 5.81. The highest BCUT2D eigenvalue weighted by atomic mass is 32.2.